The maximum absolute atomic E-state index is 13.2. The number of pyridine rings is 1. The van der Waals surface area contributed by atoms with Crippen LogP contribution in [0.3, 0.4) is 0 Å². The summed E-state index contributed by atoms with van der Waals surface area (Å²) in [5.41, 5.74) is 1.64. The van der Waals surface area contributed by atoms with Crippen molar-refractivity contribution in [3.8, 4) is 17.0 Å². The number of methoxy groups -OCH3 is 1. The number of ether oxygens (including phenoxy) is 1. The van der Waals surface area contributed by atoms with Crippen LogP contribution in [0, 0.1) is 5.82 Å². The largest absolute Gasteiger partial charge is 0.481 e. The molecule has 0 N–H and O–H groups in total. The molecular formula is C13H10FNO2. The van der Waals surface area contributed by atoms with Crippen molar-refractivity contribution in [1.29, 1.82) is 0 Å². The van der Waals surface area contributed by atoms with Gasteiger partial charge in [0.05, 0.1) is 7.11 Å². The maximum atomic E-state index is 13.2. The first-order chi connectivity index (χ1) is 8.22. The molecule has 0 radical (unpaired) electrons. The van der Waals surface area contributed by atoms with Crippen molar-refractivity contribution in [2.24, 2.45) is 0 Å². The van der Waals surface area contributed by atoms with Crippen LogP contribution in [0.1, 0.15) is 10.4 Å². The van der Waals surface area contributed by atoms with Gasteiger partial charge in [-0.2, -0.15) is 0 Å². The zero-order valence-corrected chi connectivity index (χ0v) is 9.18. The Bertz CT molecular complexity index is 538. The zero-order valence-electron chi connectivity index (χ0n) is 9.18. The predicted molar refractivity (Wildman–Crippen MR) is 61.6 cm³/mol. The minimum Gasteiger partial charge on any atom is -0.481 e. The molecule has 86 valence electrons. The molecule has 3 nitrogen and oxygen atoms in total. The highest BCUT2D eigenvalue weighted by Crippen LogP contribution is 2.22. The van der Waals surface area contributed by atoms with Crippen molar-refractivity contribution >= 4 is 6.29 Å². The van der Waals surface area contributed by atoms with Crippen molar-refractivity contribution < 1.29 is 13.9 Å². The summed E-state index contributed by atoms with van der Waals surface area (Å²) >= 11 is 0. The molecule has 0 aliphatic carbocycles. The van der Waals surface area contributed by atoms with Gasteiger partial charge in [0.25, 0.3) is 0 Å². The van der Waals surface area contributed by atoms with Gasteiger partial charge in [0.2, 0.25) is 5.88 Å². The van der Waals surface area contributed by atoms with Crippen molar-refractivity contribution in [2.75, 3.05) is 7.11 Å². The fraction of sp³-hybridized carbons (Fsp3) is 0.0769. The molecule has 0 fully saturated rings. The lowest BCUT2D eigenvalue weighted by atomic mass is 10.1. The van der Waals surface area contributed by atoms with E-state index in [9.17, 15) is 9.18 Å². The maximum Gasteiger partial charge on any atom is 0.212 e. The summed E-state index contributed by atoms with van der Waals surface area (Å²) in [6.07, 6.45) is 2.19. The average Bonchev–Trinajstić information content (AvgIpc) is 2.38. The van der Waals surface area contributed by atoms with Gasteiger partial charge in [0.15, 0.2) is 0 Å². The first-order valence-electron chi connectivity index (χ1n) is 4.99. The molecule has 1 aromatic carbocycles. The first kappa shape index (κ1) is 11.3. The number of hydrogen-bond acceptors (Lipinski definition) is 3. The van der Waals surface area contributed by atoms with Crippen LogP contribution in [0.15, 0.2) is 36.5 Å². The Morgan fingerprint density at radius 1 is 1.24 bits per heavy atom. The van der Waals surface area contributed by atoms with Gasteiger partial charge < -0.3 is 4.74 Å². The molecule has 0 spiro atoms. The lowest BCUT2D eigenvalue weighted by Crippen LogP contribution is -1.89. The molecule has 0 aliphatic rings. The molecule has 0 saturated heterocycles. The molecule has 0 aliphatic heterocycles. The normalized spacial score (nSPS) is 10.0. The van der Waals surface area contributed by atoms with Crippen molar-refractivity contribution in [3.63, 3.8) is 0 Å². The minimum atomic E-state index is -0.444. The van der Waals surface area contributed by atoms with Gasteiger partial charge in [-0.05, 0) is 29.8 Å². The minimum absolute atomic E-state index is 0.302. The van der Waals surface area contributed by atoms with Crippen LogP contribution in [-0.2, 0) is 0 Å². The van der Waals surface area contributed by atoms with Gasteiger partial charge in [-0.1, -0.05) is 0 Å². The smallest absolute Gasteiger partial charge is 0.212 e. The van der Waals surface area contributed by atoms with Gasteiger partial charge in [0.1, 0.15) is 12.1 Å². The molecular weight excluding hydrogens is 221 g/mol. The molecule has 2 rings (SSSR count). The summed E-state index contributed by atoms with van der Waals surface area (Å²) in [4.78, 5) is 14.7. The van der Waals surface area contributed by atoms with E-state index in [1.165, 1.54) is 19.2 Å². The number of benzene rings is 1. The SMILES string of the molecule is COc1ccc(-c2cc(F)cc(C=O)c2)cn1. The Kier molecular flexibility index (Phi) is 3.14. The third-order valence-electron chi connectivity index (χ3n) is 2.34. The van der Waals surface area contributed by atoms with Crippen LogP contribution in [0.2, 0.25) is 0 Å². The second kappa shape index (κ2) is 4.74. The third kappa shape index (κ3) is 2.47. The summed E-state index contributed by atoms with van der Waals surface area (Å²) in [7, 11) is 1.52. The predicted octanol–water partition coefficient (Wildman–Crippen LogP) is 2.71. The number of aldehydes is 1. The number of nitrogens with zero attached hydrogens (tertiary/aromatic N) is 1. The highest BCUT2D eigenvalue weighted by Gasteiger charge is 2.03. The summed E-state index contributed by atoms with van der Waals surface area (Å²) in [5.74, 6) is 0.0428. The Hall–Kier alpha value is -2.23. The second-order valence-corrected chi connectivity index (χ2v) is 3.48. The molecule has 17 heavy (non-hydrogen) atoms. The van der Waals surface area contributed by atoms with Crippen LogP contribution in [0.25, 0.3) is 11.1 Å². The van der Waals surface area contributed by atoms with Gasteiger partial charge in [0, 0.05) is 23.4 Å². The van der Waals surface area contributed by atoms with Crippen LogP contribution in [0.4, 0.5) is 4.39 Å². The molecule has 2 aromatic rings. The fourth-order valence-corrected chi connectivity index (χ4v) is 1.52. The topological polar surface area (TPSA) is 39.2 Å². The number of aromatic nitrogens is 1. The van der Waals surface area contributed by atoms with Gasteiger partial charge in [-0.25, -0.2) is 9.37 Å². The molecule has 0 bridgehead atoms. The lowest BCUT2D eigenvalue weighted by Gasteiger charge is -2.04. The number of carbonyl (C=O) groups is 1. The monoisotopic (exact) mass is 231 g/mol. The van der Waals surface area contributed by atoms with E-state index in [-0.39, 0.29) is 0 Å². The molecule has 0 unspecified atom stereocenters. The third-order valence-corrected chi connectivity index (χ3v) is 2.34. The number of carbonyl (C=O) groups excluding carboxylic acids is 1. The summed E-state index contributed by atoms with van der Waals surface area (Å²) in [6, 6.07) is 7.60. The summed E-state index contributed by atoms with van der Waals surface area (Å²) < 4.78 is 18.2. The van der Waals surface area contributed by atoms with E-state index >= 15 is 0 Å². The van der Waals surface area contributed by atoms with E-state index in [2.05, 4.69) is 4.98 Å². The van der Waals surface area contributed by atoms with E-state index in [0.29, 0.717) is 23.3 Å². The molecule has 0 atom stereocenters. The number of rotatable bonds is 3. The fourth-order valence-electron chi connectivity index (χ4n) is 1.52. The zero-order chi connectivity index (χ0) is 12.3. The second-order valence-electron chi connectivity index (χ2n) is 3.48. The summed E-state index contributed by atoms with van der Waals surface area (Å²) in [5, 5.41) is 0. The Morgan fingerprint density at radius 2 is 2.06 bits per heavy atom. The van der Waals surface area contributed by atoms with Crippen molar-refractivity contribution in [2.45, 2.75) is 0 Å². The Morgan fingerprint density at radius 3 is 2.65 bits per heavy atom. The van der Waals surface area contributed by atoms with E-state index in [1.807, 2.05) is 0 Å². The average molecular weight is 231 g/mol. The van der Waals surface area contributed by atoms with Crippen LogP contribution >= 0.6 is 0 Å². The quantitative estimate of drug-likeness (QED) is 0.762. The summed E-state index contributed by atoms with van der Waals surface area (Å²) in [6.45, 7) is 0. The van der Waals surface area contributed by atoms with Crippen LogP contribution in [-0.4, -0.2) is 18.4 Å². The molecule has 4 heteroatoms. The molecule has 1 heterocycles. The Labute approximate surface area is 97.9 Å². The van der Waals surface area contributed by atoms with E-state index in [4.69, 9.17) is 4.74 Å². The molecule has 0 saturated carbocycles. The lowest BCUT2D eigenvalue weighted by molar-refractivity contribution is 0.112. The van der Waals surface area contributed by atoms with Crippen LogP contribution < -0.4 is 4.74 Å². The van der Waals surface area contributed by atoms with Gasteiger partial charge >= 0.3 is 0 Å². The number of hydrogen-bond donors (Lipinski definition) is 0. The highest BCUT2D eigenvalue weighted by molar-refractivity contribution is 5.78. The molecule has 0 amide bonds. The van der Waals surface area contributed by atoms with Crippen molar-refractivity contribution in [3.05, 3.63) is 47.9 Å². The Balaban J connectivity index is 2.44. The van der Waals surface area contributed by atoms with Gasteiger partial charge in [-0.3, -0.25) is 4.79 Å². The first-order valence-corrected chi connectivity index (χ1v) is 4.99. The number of halogens is 1. The van der Waals surface area contributed by atoms with E-state index in [0.717, 1.165) is 5.56 Å². The van der Waals surface area contributed by atoms with Crippen LogP contribution in [0.5, 0.6) is 5.88 Å². The molecule has 1 aromatic heterocycles. The standard InChI is InChI=1S/C13H10FNO2/c1-17-13-3-2-10(7-15-13)11-4-9(8-16)5-12(14)6-11/h2-8H,1H3. The van der Waals surface area contributed by atoms with E-state index in [1.54, 1.807) is 24.4 Å². The van der Waals surface area contributed by atoms with E-state index < -0.39 is 5.82 Å². The van der Waals surface area contributed by atoms with Gasteiger partial charge in [-0.15, -0.1) is 0 Å². The highest BCUT2D eigenvalue weighted by atomic mass is 19.1. The van der Waals surface area contributed by atoms with Crippen molar-refractivity contribution in [1.82, 2.24) is 4.98 Å².